The quantitative estimate of drug-likeness (QED) is 0.747. The first-order valence-corrected chi connectivity index (χ1v) is 8.65. The number of benzene rings is 2. The Morgan fingerprint density at radius 3 is 2.30 bits per heavy atom. The molecule has 2 N–H and O–H groups in total. The second-order valence-corrected chi connectivity index (χ2v) is 7.02. The molecule has 27 heavy (non-hydrogen) atoms. The van der Waals surface area contributed by atoms with Gasteiger partial charge >= 0.3 is 0 Å². The van der Waals surface area contributed by atoms with Gasteiger partial charge in [0, 0.05) is 11.1 Å². The Morgan fingerprint density at radius 2 is 1.70 bits per heavy atom. The molecule has 0 saturated carbocycles. The van der Waals surface area contributed by atoms with Crippen molar-refractivity contribution in [3.05, 3.63) is 74.2 Å². The average molecular weight is 406 g/mol. The van der Waals surface area contributed by atoms with E-state index in [0.29, 0.717) is 11.1 Å². The largest absolute Gasteiger partial charge is 0.502 e. The minimum Gasteiger partial charge on any atom is -0.502 e. The van der Waals surface area contributed by atoms with Gasteiger partial charge in [0.25, 0.3) is 11.8 Å². The van der Waals surface area contributed by atoms with E-state index >= 15 is 0 Å². The van der Waals surface area contributed by atoms with Crippen molar-refractivity contribution in [3.63, 3.8) is 0 Å². The van der Waals surface area contributed by atoms with Gasteiger partial charge in [0.05, 0.1) is 21.5 Å². The van der Waals surface area contributed by atoms with Gasteiger partial charge in [0.15, 0.2) is 11.5 Å². The van der Waals surface area contributed by atoms with Crippen molar-refractivity contribution in [2.24, 2.45) is 0 Å². The number of hydrogen-bond acceptors (Lipinski definition) is 4. The number of rotatable bonds is 2. The van der Waals surface area contributed by atoms with Crippen LogP contribution in [0.15, 0.2) is 36.1 Å². The lowest BCUT2D eigenvalue weighted by Crippen LogP contribution is -2.23. The third-order valence-corrected chi connectivity index (χ3v) is 5.59. The summed E-state index contributed by atoms with van der Waals surface area (Å²) in [7, 11) is 0. The molecule has 2 amide bonds. The van der Waals surface area contributed by atoms with Crippen molar-refractivity contribution in [1.29, 1.82) is 0 Å². The molecule has 1 heterocycles. The summed E-state index contributed by atoms with van der Waals surface area (Å²) in [5.74, 6) is -3.72. The van der Waals surface area contributed by atoms with Gasteiger partial charge < -0.3 is 5.11 Å². The number of aliphatic hydroxyl groups is 1. The third-order valence-electron chi connectivity index (χ3n) is 4.72. The zero-order valence-corrected chi connectivity index (χ0v) is 15.0. The maximum atomic E-state index is 13.2. The number of imide groups is 1. The summed E-state index contributed by atoms with van der Waals surface area (Å²) in [6, 6.07) is 7.07. The molecule has 0 bridgehead atoms. The van der Waals surface area contributed by atoms with E-state index in [1.165, 1.54) is 30.3 Å². The smallest absolute Gasteiger partial charge is 0.293 e. The molecule has 0 spiro atoms. The number of nitrogens with one attached hydrogen (secondary N) is 1. The SMILES string of the molecule is O=C1NC(=O)C(c2cc3c(c(Cl)c2Cl)C(=O)C(c2ccc(F)cc2)C3)=C1O. The van der Waals surface area contributed by atoms with E-state index in [2.05, 4.69) is 0 Å². The first-order chi connectivity index (χ1) is 12.8. The summed E-state index contributed by atoms with van der Waals surface area (Å²) in [5.41, 5.74) is 1.18. The molecule has 1 unspecified atom stereocenters. The number of fused-ring (bicyclic) bond motifs is 1. The number of Topliss-reactive ketones (excluding diaryl/α,β-unsaturated/α-hetero) is 1. The van der Waals surface area contributed by atoms with Crippen LogP contribution in [-0.2, 0) is 16.0 Å². The number of aliphatic hydroxyl groups excluding tert-OH is 1. The molecule has 136 valence electrons. The number of carbonyl (C=O) groups excluding carboxylic acids is 3. The van der Waals surface area contributed by atoms with E-state index in [1.54, 1.807) is 0 Å². The summed E-state index contributed by atoms with van der Waals surface area (Å²) >= 11 is 12.5. The molecule has 1 aliphatic heterocycles. The van der Waals surface area contributed by atoms with Crippen LogP contribution in [0.25, 0.3) is 5.57 Å². The van der Waals surface area contributed by atoms with Crippen molar-refractivity contribution in [2.45, 2.75) is 12.3 Å². The Balaban J connectivity index is 1.83. The molecule has 2 aromatic rings. The Morgan fingerprint density at radius 1 is 1.04 bits per heavy atom. The predicted octanol–water partition coefficient (Wildman–Crippen LogP) is 3.58. The first kappa shape index (κ1) is 17.7. The third kappa shape index (κ3) is 2.64. The number of halogens is 3. The highest BCUT2D eigenvalue weighted by molar-refractivity contribution is 6.47. The van der Waals surface area contributed by atoms with Crippen LogP contribution in [0, 0.1) is 5.82 Å². The second kappa shape index (κ2) is 6.18. The molecular formula is C19H10Cl2FNO4. The van der Waals surface area contributed by atoms with Gasteiger partial charge in [-0.3, -0.25) is 19.7 Å². The van der Waals surface area contributed by atoms with Crippen LogP contribution < -0.4 is 5.32 Å². The highest BCUT2D eigenvalue weighted by Gasteiger charge is 2.38. The zero-order chi connectivity index (χ0) is 19.5. The molecule has 0 saturated heterocycles. The maximum Gasteiger partial charge on any atom is 0.293 e. The standard InChI is InChI=1S/C19H10Cl2FNO4/c20-14-11(13-17(25)19(27)23-18(13)26)6-8-5-10(16(24)12(8)15(14)21)7-1-3-9(22)4-2-7/h1-4,6,10H,5H2,(H2,23,25,26,27). The Hall–Kier alpha value is -2.70. The van der Waals surface area contributed by atoms with E-state index in [1.807, 2.05) is 5.32 Å². The van der Waals surface area contributed by atoms with Gasteiger partial charge in [-0.25, -0.2) is 4.39 Å². The fourth-order valence-corrected chi connectivity index (χ4v) is 3.99. The number of ketones is 1. The van der Waals surface area contributed by atoms with Crippen molar-refractivity contribution in [3.8, 4) is 0 Å². The van der Waals surface area contributed by atoms with Crippen LogP contribution in [0.5, 0.6) is 0 Å². The molecule has 2 aromatic carbocycles. The Kier molecular flexibility index (Phi) is 4.05. The molecule has 1 aliphatic carbocycles. The molecule has 0 aromatic heterocycles. The van der Waals surface area contributed by atoms with Crippen molar-refractivity contribution >= 4 is 46.4 Å². The van der Waals surface area contributed by atoms with Gasteiger partial charge in [-0.2, -0.15) is 0 Å². The van der Waals surface area contributed by atoms with Crippen LogP contribution in [0.1, 0.15) is 33.0 Å². The van der Waals surface area contributed by atoms with E-state index < -0.39 is 29.3 Å². The Bertz CT molecular complexity index is 1080. The average Bonchev–Trinajstić information content (AvgIpc) is 3.08. The summed E-state index contributed by atoms with van der Waals surface area (Å²) < 4.78 is 13.2. The number of amides is 2. The molecular weight excluding hydrogens is 396 g/mol. The van der Waals surface area contributed by atoms with Crippen LogP contribution >= 0.6 is 23.2 Å². The normalized spacial score (nSPS) is 18.9. The van der Waals surface area contributed by atoms with E-state index in [4.69, 9.17) is 23.2 Å². The van der Waals surface area contributed by atoms with Crippen LogP contribution in [-0.4, -0.2) is 22.7 Å². The second-order valence-electron chi connectivity index (χ2n) is 6.27. The highest BCUT2D eigenvalue weighted by atomic mass is 35.5. The van der Waals surface area contributed by atoms with Crippen LogP contribution in [0.3, 0.4) is 0 Å². The number of carbonyl (C=O) groups is 3. The summed E-state index contributed by atoms with van der Waals surface area (Å²) in [6.07, 6.45) is 0.271. The highest BCUT2D eigenvalue weighted by Crippen LogP contribution is 2.44. The Labute approximate surface area is 162 Å². The monoisotopic (exact) mass is 405 g/mol. The fourth-order valence-electron chi connectivity index (χ4n) is 3.43. The lowest BCUT2D eigenvalue weighted by molar-refractivity contribution is -0.124. The van der Waals surface area contributed by atoms with Crippen molar-refractivity contribution < 1.29 is 23.9 Å². The van der Waals surface area contributed by atoms with Crippen LogP contribution in [0.2, 0.25) is 10.0 Å². The van der Waals surface area contributed by atoms with Gasteiger partial charge in [-0.15, -0.1) is 0 Å². The van der Waals surface area contributed by atoms with Crippen molar-refractivity contribution in [2.75, 3.05) is 0 Å². The minimum atomic E-state index is -0.928. The lowest BCUT2D eigenvalue weighted by Gasteiger charge is -2.10. The van der Waals surface area contributed by atoms with E-state index in [9.17, 15) is 23.9 Å². The van der Waals surface area contributed by atoms with Gasteiger partial charge in [-0.05, 0) is 35.7 Å². The van der Waals surface area contributed by atoms with Crippen LogP contribution in [0.4, 0.5) is 4.39 Å². The molecule has 0 radical (unpaired) electrons. The predicted molar refractivity (Wildman–Crippen MR) is 96.3 cm³/mol. The summed E-state index contributed by atoms with van der Waals surface area (Å²) in [4.78, 5) is 36.3. The molecule has 2 aliphatic rings. The van der Waals surface area contributed by atoms with E-state index in [0.717, 1.165) is 0 Å². The van der Waals surface area contributed by atoms with Gasteiger partial charge in [0.1, 0.15) is 5.82 Å². The molecule has 8 heteroatoms. The van der Waals surface area contributed by atoms with E-state index in [-0.39, 0.29) is 38.9 Å². The molecule has 5 nitrogen and oxygen atoms in total. The zero-order valence-electron chi connectivity index (χ0n) is 13.5. The number of hydrogen-bond donors (Lipinski definition) is 2. The molecule has 4 rings (SSSR count). The van der Waals surface area contributed by atoms with Crippen molar-refractivity contribution in [1.82, 2.24) is 5.32 Å². The van der Waals surface area contributed by atoms with Gasteiger partial charge in [-0.1, -0.05) is 35.3 Å². The minimum absolute atomic E-state index is 0.0498. The first-order valence-electron chi connectivity index (χ1n) is 7.89. The van der Waals surface area contributed by atoms with Gasteiger partial charge in [0.2, 0.25) is 0 Å². The summed E-state index contributed by atoms with van der Waals surface area (Å²) in [5, 5.41) is 11.7. The topological polar surface area (TPSA) is 83.5 Å². The molecule has 0 fully saturated rings. The fraction of sp³-hybridized carbons (Fsp3) is 0.105. The summed E-state index contributed by atoms with van der Waals surface area (Å²) in [6.45, 7) is 0. The lowest BCUT2D eigenvalue weighted by atomic mass is 9.95. The maximum absolute atomic E-state index is 13.2. The molecule has 1 atom stereocenters.